The Morgan fingerprint density at radius 2 is 2.06 bits per heavy atom. The first-order valence-electron chi connectivity index (χ1n) is 4.92. The van der Waals surface area contributed by atoms with Crippen LogP contribution in [-0.2, 0) is 0 Å². The lowest BCUT2D eigenvalue weighted by Crippen LogP contribution is -2.30. The summed E-state index contributed by atoms with van der Waals surface area (Å²) < 4.78 is 13.7. The van der Waals surface area contributed by atoms with Crippen molar-refractivity contribution in [1.29, 1.82) is 0 Å². The number of benzene rings is 1. The van der Waals surface area contributed by atoms with E-state index >= 15 is 0 Å². The van der Waals surface area contributed by atoms with Crippen molar-refractivity contribution >= 4 is 11.6 Å². The van der Waals surface area contributed by atoms with E-state index in [1.165, 1.54) is 13.0 Å². The van der Waals surface area contributed by atoms with E-state index in [0.717, 1.165) is 16.7 Å². The Hall–Kier alpha value is -2.08. The van der Waals surface area contributed by atoms with Gasteiger partial charge in [-0.2, -0.15) is 0 Å². The van der Waals surface area contributed by atoms with Gasteiger partial charge in [-0.05, 0) is 25.1 Å². The maximum absolute atomic E-state index is 12.9. The van der Waals surface area contributed by atoms with Crippen molar-refractivity contribution in [3.63, 3.8) is 0 Å². The second kappa shape index (κ2) is 4.30. The highest BCUT2D eigenvalue weighted by atomic mass is 35.5. The fourth-order valence-corrected chi connectivity index (χ4v) is 1.75. The van der Waals surface area contributed by atoms with Crippen LogP contribution >= 0.6 is 11.6 Å². The lowest BCUT2D eigenvalue weighted by atomic mass is 10.3. The van der Waals surface area contributed by atoms with Crippen molar-refractivity contribution in [2.24, 2.45) is 0 Å². The summed E-state index contributed by atoms with van der Waals surface area (Å²) in [6, 6.07) is 3.33. The SMILES string of the molecule is Cc1c(O)n(-c2ccc(F)cc2Cl)c(=O)[nH]c1=O. The predicted octanol–water partition coefficient (Wildman–Crippen LogP) is 1.33. The summed E-state index contributed by atoms with van der Waals surface area (Å²) in [4.78, 5) is 24.9. The molecule has 0 spiro atoms. The molecule has 0 atom stereocenters. The summed E-state index contributed by atoms with van der Waals surface area (Å²) >= 11 is 5.80. The molecule has 5 nitrogen and oxygen atoms in total. The number of aromatic hydroxyl groups is 1. The maximum atomic E-state index is 12.9. The van der Waals surface area contributed by atoms with Crippen molar-refractivity contribution in [1.82, 2.24) is 9.55 Å². The van der Waals surface area contributed by atoms with Crippen LogP contribution in [0.4, 0.5) is 4.39 Å². The fraction of sp³-hybridized carbons (Fsp3) is 0.0909. The quantitative estimate of drug-likeness (QED) is 0.821. The molecule has 0 aliphatic carbocycles. The molecule has 0 bridgehead atoms. The second-order valence-corrected chi connectivity index (χ2v) is 4.05. The highest BCUT2D eigenvalue weighted by Gasteiger charge is 2.14. The summed E-state index contributed by atoms with van der Waals surface area (Å²) in [5.74, 6) is -1.10. The number of aromatic nitrogens is 2. The highest BCUT2D eigenvalue weighted by molar-refractivity contribution is 6.32. The summed E-state index contributed by atoms with van der Waals surface area (Å²) in [5, 5.41) is 9.74. The molecular weight excluding hydrogens is 263 g/mol. The highest BCUT2D eigenvalue weighted by Crippen LogP contribution is 2.23. The third kappa shape index (κ3) is 1.91. The zero-order valence-electron chi connectivity index (χ0n) is 9.20. The van der Waals surface area contributed by atoms with E-state index < -0.39 is 22.9 Å². The number of hydrogen-bond donors (Lipinski definition) is 2. The van der Waals surface area contributed by atoms with E-state index in [1.54, 1.807) is 0 Å². The number of H-pyrrole nitrogens is 1. The van der Waals surface area contributed by atoms with E-state index in [4.69, 9.17) is 11.6 Å². The van der Waals surface area contributed by atoms with Crippen molar-refractivity contribution in [2.75, 3.05) is 0 Å². The summed E-state index contributed by atoms with van der Waals surface area (Å²) in [5.41, 5.74) is -1.49. The first kappa shape index (κ1) is 12.4. The largest absolute Gasteiger partial charge is 0.494 e. The van der Waals surface area contributed by atoms with E-state index in [1.807, 2.05) is 4.98 Å². The molecule has 2 N–H and O–H groups in total. The molecule has 0 saturated heterocycles. The van der Waals surface area contributed by atoms with Gasteiger partial charge < -0.3 is 5.11 Å². The van der Waals surface area contributed by atoms with E-state index in [0.29, 0.717) is 0 Å². The summed E-state index contributed by atoms with van der Waals surface area (Å²) in [7, 11) is 0. The second-order valence-electron chi connectivity index (χ2n) is 3.64. The molecule has 1 aromatic heterocycles. The van der Waals surface area contributed by atoms with Crippen molar-refractivity contribution < 1.29 is 9.50 Å². The molecule has 7 heteroatoms. The normalized spacial score (nSPS) is 10.6. The van der Waals surface area contributed by atoms with Gasteiger partial charge in [0.05, 0.1) is 16.3 Å². The fourth-order valence-electron chi connectivity index (χ4n) is 1.50. The molecule has 0 radical (unpaired) electrons. The monoisotopic (exact) mass is 270 g/mol. The number of aromatic amines is 1. The molecule has 94 valence electrons. The average molecular weight is 271 g/mol. The van der Waals surface area contributed by atoms with Crippen LogP contribution in [0.2, 0.25) is 5.02 Å². The molecule has 0 aliphatic rings. The van der Waals surface area contributed by atoms with E-state index in [9.17, 15) is 19.1 Å². The van der Waals surface area contributed by atoms with Gasteiger partial charge in [0.15, 0.2) is 0 Å². The van der Waals surface area contributed by atoms with Crippen LogP contribution in [0.3, 0.4) is 0 Å². The van der Waals surface area contributed by atoms with E-state index in [2.05, 4.69) is 0 Å². The topological polar surface area (TPSA) is 75.1 Å². The Kier molecular flexibility index (Phi) is 2.96. The number of hydrogen-bond acceptors (Lipinski definition) is 3. The zero-order valence-corrected chi connectivity index (χ0v) is 9.95. The van der Waals surface area contributed by atoms with Crippen molar-refractivity contribution in [3.8, 4) is 11.6 Å². The Bertz CT molecular complexity index is 736. The van der Waals surface area contributed by atoms with Crippen LogP contribution in [0.25, 0.3) is 5.69 Å². The summed E-state index contributed by atoms with van der Waals surface area (Å²) in [6.45, 7) is 1.35. The molecule has 0 amide bonds. The smallest absolute Gasteiger partial charge is 0.335 e. The number of nitrogens with one attached hydrogen (secondary N) is 1. The Balaban J connectivity index is 2.84. The number of halogens is 2. The van der Waals surface area contributed by atoms with Crippen molar-refractivity contribution in [3.05, 3.63) is 55.4 Å². The van der Waals surface area contributed by atoms with Gasteiger partial charge in [0, 0.05) is 0 Å². The third-order valence-corrected chi connectivity index (χ3v) is 2.76. The minimum Gasteiger partial charge on any atom is -0.494 e. The Morgan fingerprint density at radius 1 is 1.39 bits per heavy atom. The molecular formula is C11H8ClFN2O3. The molecule has 1 aromatic carbocycles. The van der Waals surface area contributed by atoms with Crippen LogP contribution in [0.1, 0.15) is 5.56 Å². The van der Waals surface area contributed by atoms with Gasteiger partial charge in [-0.25, -0.2) is 13.8 Å². The lowest BCUT2D eigenvalue weighted by Gasteiger charge is -2.10. The van der Waals surface area contributed by atoms with Gasteiger partial charge in [-0.1, -0.05) is 11.6 Å². The average Bonchev–Trinajstić information content (AvgIpc) is 2.29. The van der Waals surface area contributed by atoms with Crippen LogP contribution in [0, 0.1) is 12.7 Å². The number of nitrogens with zero attached hydrogens (tertiary/aromatic N) is 1. The summed E-state index contributed by atoms with van der Waals surface area (Å²) in [6.07, 6.45) is 0. The molecule has 0 unspecified atom stereocenters. The van der Waals surface area contributed by atoms with Crippen LogP contribution < -0.4 is 11.2 Å². The molecule has 2 rings (SSSR count). The minimum absolute atomic E-state index is 0.0324. The van der Waals surface area contributed by atoms with Gasteiger partial charge in [0.25, 0.3) is 5.56 Å². The van der Waals surface area contributed by atoms with Crippen LogP contribution in [0.15, 0.2) is 27.8 Å². The van der Waals surface area contributed by atoms with Gasteiger partial charge in [-0.15, -0.1) is 0 Å². The van der Waals surface area contributed by atoms with Gasteiger partial charge in [-0.3, -0.25) is 9.78 Å². The number of rotatable bonds is 1. The lowest BCUT2D eigenvalue weighted by molar-refractivity contribution is 0.426. The van der Waals surface area contributed by atoms with Gasteiger partial charge in [0.1, 0.15) is 5.82 Å². The van der Waals surface area contributed by atoms with Gasteiger partial charge >= 0.3 is 5.69 Å². The standard InChI is InChI=1S/C11H8ClFN2O3/c1-5-9(16)14-11(18)15(10(5)17)8-3-2-6(13)4-7(8)12/h2-4,17H,1H3,(H,14,16,18). The molecule has 0 saturated carbocycles. The molecule has 1 heterocycles. The van der Waals surface area contributed by atoms with E-state index in [-0.39, 0.29) is 16.3 Å². The van der Waals surface area contributed by atoms with Crippen LogP contribution in [-0.4, -0.2) is 14.7 Å². The zero-order chi connectivity index (χ0) is 13.4. The Morgan fingerprint density at radius 3 is 2.67 bits per heavy atom. The third-order valence-electron chi connectivity index (χ3n) is 2.46. The molecule has 0 aliphatic heterocycles. The molecule has 0 fully saturated rings. The minimum atomic E-state index is -0.850. The van der Waals surface area contributed by atoms with Gasteiger partial charge in [0.2, 0.25) is 5.88 Å². The maximum Gasteiger partial charge on any atom is 0.335 e. The van der Waals surface area contributed by atoms with Crippen LogP contribution in [0.5, 0.6) is 5.88 Å². The van der Waals surface area contributed by atoms with Crippen molar-refractivity contribution in [2.45, 2.75) is 6.92 Å². The molecule has 2 aromatic rings. The predicted molar refractivity (Wildman–Crippen MR) is 64.0 cm³/mol. The first-order chi connectivity index (χ1) is 8.41. The Labute approximate surface area is 105 Å². The first-order valence-corrected chi connectivity index (χ1v) is 5.30. The molecule has 18 heavy (non-hydrogen) atoms.